The Balaban J connectivity index is 2.60. The van der Waals surface area contributed by atoms with Gasteiger partial charge in [-0.1, -0.05) is 41.5 Å². The minimum absolute atomic E-state index is 0.0571. The fourth-order valence-corrected chi connectivity index (χ4v) is 5.82. The molecule has 274 valence electrons. The molecule has 0 atom stereocenters. The van der Waals surface area contributed by atoms with Crippen LogP contribution < -0.4 is 27.0 Å². The number of rotatable bonds is 25. The van der Waals surface area contributed by atoms with E-state index in [0.29, 0.717) is 26.1 Å². The van der Waals surface area contributed by atoms with Crippen LogP contribution in [-0.4, -0.2) is 127 Å². The van der Waals surface area contributed by atoms with Gasteiger partial charge in [-0.3, -0.25) is 20.4 Å². The molecule has 0 heterocycles. The molecule has 0 aliphatic rings. The molecule has 0 saturated heterocycles. The lowest BCUT2D eigenvalue weighted by Crippen LogP contribution is -2.40. The number of benzene rings is 2. The maximum absolute atomic E-state index is 13.9. The van der Waals surface area contributed by atoms with Crippen LogP contribution in [0.2, 0.25) is 0 Å². The van der Waals surface area contributed by atoms with Gasteiger partial charge in [0.15, 0.2) is 0 Å². The number of carboxylic acids is 2. The summed E-state index contributed by atoms with van der Waals surface area (Å²) in [5, 5.41) is 23.4. The minimum Gasteiger partial charge on any atom is -0.478 e. The van der Waals surface area contributed by atoms with Gasteiger partial charge in [0.25, 0.3) is 11.8 Å². The van der Waals surface area contributed by atoms with Crippen LogP contribution in [0.4, 0.5) is 5.69 Å². The Bertz CT molecular complexity index is 1380. The lowest BCUT2D eigenvalue weighted by atomic mass is 9.89. The first-order chi connectivity index (χ1) is 23.6. The highest BCUT2D eigenvalue weighted by Gasteiger charge is 2.28. The molecule has 0 spiro atoms. The smallest absolute Gasteiger partial charge is 0.336 e. The van der Waals surface area contributed by atoms with Crippen LogP contribution in [0, 0.1) is 0 Å². The maximum atomic E-state index is 13.9. The van der Waals surface area contributed by atoms with Crippen molar-refractivity contribution in [3.8, 4) is 0 Å². The zero-order valence-corrected chi connectivity index (χ0v) is 30.2. The molecule has 14 heteroatoms. The van der Waals surface area contributed by atoms with Crippen molar-refractivity contribution < 1.29 is 29.4 Å². The normalized spacial score (nSPS) is 11.4. The first kappa shape index (κ1) is 41.4. The summed E-state index contributed by atoms with van der Waals surface area (Å²) in [4.78, 5) is 59.5. The van der Waals surface area contributed by atoms with Crippen molar-refractivity contribution in [2.24, 2.45) is 0 Å². The number of carbonyl (C=O) groups excluding carboxylic acids is 2. The summed E-state index contributed by atoms with van der Waals surface area (Å²) < 4.78 is 0. The number of carboxylic acid groups (broad SMARTS) is 2. The first-order valence-electron chi connectivity index (χ1n) is 17.7. The van der Waals surface area contributed by atoms with E-state index >= 15 is 0 Å². The van der Waals surface area contributed by atoms with E-state index in [0.717, 1.165) is 77.8 Å². The molecule has 0 radical (unpaired) electrons. The Kier molecular flexibility index (Phi) is 18.6. The van der Waals surface area contributed by atoms with Crippen LogP contribution >= 0.6 is 0 Å². The maximum Gasteiger partial charge on any atom is 0.336 e. The molecular formula is C35H58N8O6. The van der Waals surface area contributed by atoms with Gasteiger partial charge in [0.1, 0.15) is 0 Å². The van der Waals surface area contributed by atoms with Crippen molar-refractivity contribution in [1.82, 2.24) is 36.4 Å². The highest BCUT2D eigenvalue weighted by Crippen LogP contribution is 2.35. The highest BCUT2D eigenvalue weighted by molar-refractivity contribution is 6.25. The molecule has 2 amide bonds. The van der Waals surface area contributed by atoms with Crippen LogP contribution in [0.1, 0.15) is 102 Å². The highest BCUT2D eigenvalue weighted by atomic mass is 16.4. The van der Waals surface area contributed by atoms with Gasteiger partial charge in [0, 0.05) is 36.1 Å². The van der Waals surface area contributed by atoms with Gasteiger partial charge in [-0.15, -0.1) is 0 Å². The second-order valence-electron chi connectivity index (χ2n) is 11.7. The fraction of sp³-hybridized carbons (Fsp3) is 0.600. The van der Waals surface area contributed by atoms with E-state index in [4.69, 9.17) is 0 Å². The molecular weight excluding hydrogens is 628 g/mol. The number of hydrogen-bond acceptors (Lipinski definition) is 10. The Morgan fingerprint density at radius 1 is 0.571 bits per heavy atom. The molecule has 0 fully saturated rings. The summed E-state index contributed by atoms with van der Waals surface area (Å²) in [5.41, 5.74) is 10.7. The second kappa shape index (κ2) is 22.0. The van der Waals surface area contributed by atoms with Gasteiger partial charge in [-0.2, -0.15) is 0 Å². The van der Waals surface area contributed by atoms with Crippen LogP contribution in [-0.2, 0) is 0 Å². The number of aromatic carboxylic acids is 2. The van der Waals surface area contributed by atoms with Crippen molar-refractivity contribution >= 4 is 40.2 Å². The van der Waals surface area contributed by atoms with Gasteiger partial charge in [-0.05, 0) is 96.4 Å². The number of amides is 2. The summed E-state index contributed by atoms with van der Waals surface area (Å²) in [6, 6.07) is 3.77. The average Bonchev–Trinajstić information content (AvgIpc) is 3.10. The quantitative estimate of drug-likeness (QED) is 0.0600. The molecule has 0 unspecified atom stereocenters. The Labute approximate surface area is 290 Å². The molecule has 7 N–H and O–H groups in total. The summed E-state index contributed by atoms with van der Waals surface area (Å²) >= 11 is 0. The first-order valence-corrected chi connectivity index (χ1v) is 17.7. The zero-order chi connectivity index (χ0) is 36.3. The van der Waals surface area contributed by atoms with Crippen LogP contribution in [0.3, 0.4) is 0 Å². The van der Waals surface area contributed by atoms with E-state index in [1.807, 2.05) is 0 Å². The van der Waals surface area contributed by atoms with Gasteiger partial charge in [-0.25, -0.2) is 20.4 Å². The van der Waals surface area contributed by atoms with E-state index in [-0.39, 0.29) is 38.7 Å². The number of carbonyl (C=O) groups is 4. The van der Waals surface area contributed by atoms with Crippen molar-refractivity contribution in [2.45, 2.75) is 60.8 Å². The van der Waals surface area contributed by atoms with E-state index in [9.17, 15) is 29.4 Å². The van der Waals surface area contributed by atoms with E-state index in [1.54, 1.807) is 0 Å². The topological polar surface area (TPSA) is 179 Å². The van der Waals surface area contributed by atoms with Gasteiger partial charge < -0.3 is 30.2 Å². The molecule has 2 aromatic carbocycles. The molecule has 2 aromatic rings. The summed E-state index contributed by atoms with van der Waals surface area (Å²) in [6.07, 6.45) is 2.22. The lowest BCUT2D eigenvalue weighted by Gasteiger charge is -2.22. The molecule has 0 aliphatic carbocycles. The van der Waals surface area contributed by atoms with Gasteiger partial charge in [0.2, 0.25) is 0 Å². The molecule has 0 bridgehead atoms. The van der Waals surface area contributed by atoms with Crippen LogP contribution in [0.25, 0.3) is 10.8 Å². The number of nitrogens with one attached hydrogen (secondary N) is 5. The number of anilines is 1. The number of hydrazine groups is 2. The third kappa shape index (κ3) is 12.2. The Morgan fingerprint density at radius 3 is 1.41 bits per heavy atom. The molecule has 14 nitrogen and oxygen atoms in total. The predicted octanol–water partition coefficient (Wildman–Crippen LogP) is 3.31. The van der Waals surface area contributed by atoms with E-state index in [2.05, 4.69) is 83.3 Å². The van der Waals surface area contributed by atoms with E-state index < -0.39 is 23.8 Å². The zero-order valence-electron chi connectivity index (χ0n) is 30.2. The van der Waals surface area contributed by atoms with Gasteiger partial charge in [0.05, 0.1) is 22.3 Å². The summed E-state index contributed by atoms with van der Waals surface area (Å²) in [6.45, 7) is 21.7. The molecule has 49 heavy (non-hydrogen) atoms. The van der Waals surface area contributed by atoms with Crippen molar-refractivity contribution in [1.29, 1.82) is 0 Å². The minimum atomic E-state index is -1.36. The average molecular weight is 687 g/mol. The monoisotopic (exact) mass is 686 g/mol. The number of nitrogens with zero attached hydrogens (tertiary/aromatic N) is 3. The standard InChI is InChI=1S/C35H58N8O6/c1-7-41(8-2)21-13-18-36-28-24-27(32(44)39-37-19-14-22-42(9-3)10-4)29-25(34(46)47)16-17-26(35(48)49)30(29)31(28)33(45)40-38-20-15-23-43(11-5)12-6/h16-17,24,36-38H,7-15,18-23H2,1-6H3,(H,39,44)(H,40,45)(H,46,47)(H,48,49). The fourth-order valence-electron chi connectivity index (χ4n) is 5.82. The molecule has 0 aromatic heterocycles. The summed E-state index contributed by atoms with van der Waals surface area (Å²) in [5.74, 6) is -4.01. The van der Waals surface area contributed by atoms with Crippen molar-refractivity contribution in [3.05, 3.63) is 40.5 Å². The van der Waals surface area contributed by atoms with Crippen LogP contribution in [0.5, 0.6) is 0 Å². The predicted molar refractivity (Wildman–Crippen MR) is 195 cm³/mol. The van der Waals surface area contributed by atoms with E-state index in [1.165, 1.54) is 12.1 Å². The van der Waals surface area contributed by atoms with Crippen molar-refractivity contribution in [3.63, 3.8) is 0 Å². The van der Waals surface area contributed by atoms with Gasteiger partial charge >= 0.3 is 11.9 Å². The Hall–Kier alpha value is -3.82. The number of hydrogen-bond donors (Lipinski definition) is 7. The lowest BCUT2D eigenvalue weighted by molar-refractivity contribution is 0.0684. The van der Waals surface area contributed by atoms with Crippen molar-refractivity contribution in [2.75, 3.05) is 83.9 Å². The number of fused-ring (bicyclic) bond motifs is 1. The second-order valence-corrected chi connectivity index (χ2v) is 11.7. The SMILES string of the molecule is CCN(CC)CCCNNC(=O)c1cc(NCCCN(CC)CC)c(C(=O)NNCCCN(CC)CC)c2c(C(=O)O)ccc(C(=O)O)c12. The largest absolute Gasteiger partial charge is 0.478 e. The van der Waals surface area contributed by atoms with Crippen LogP contribution in [0.15, 0.2) is 18.2 Å². The Morgan fingerprint density at radius 2 is 0.980 bits per heavy atom. The third-order valence-corrected chi connectivity index (χ3v) is 8.82. The molecule has 2 rings (SSSR count). The molecule has 0 saturated carbocycles. The molecule has 0 aliphatic heterocycles. The third-order valence-electron chi connectivity index (χ3n) is 8.82. The summed E-state index contributed by atoms with van der Waals surface area (Å²) in [7, 11) is 0.